The highest BCUT2D eigenvalue weighted by molar-refractivity contribution is 5.92. The molecule has 0 aliphatic carbocycles. The van der Waals surface area contributed by atoms with E-state index in [9.17, 15) is 0 Å². The van der Waals surface area contributed by atoms with Gasteiger partial charge in [-0.3, -0.25) is 0 Å². The number of anilines is 1. The highest BCUT2D eigenvalue weighted by Crippen LogP contribution is 2.26. The number of benzene rings is 2. The first-order chi connectivity index (χ1) is 10.3. The number of hydrogen-bond acceptors (Lipinski definition) is 3. The molecule has 0 radical (unpaired) electrons. The molecule has 0 bridgehead atoms. The fraction of sp³-hybridized carbons (Fsp3) is 0.222. The molecule has 0 aliphatic heterocycles. The van der Waals surface area contributed by atoms with Crippen molar-refractivity contribution in [2.75, 3.05) is 11.9 Å². The zero-order valence-electron chi connectivity index (χ0n) is 12.4. The van der Waals surface area contributed by atoms with Crippen LogP contribution in [0.15, 0.2) is 48.5 Å². The lowest BCUT2D eigenvalue weighted by Crippen LogP contribution is -2.05. The number of fused-ring (bicyclic) bond motifs is 1. The van der Waals surface area contributed by atoms with Crippen molar-refractivity contribution < 1.29 is 0 Å². The second-order valence-electron chi connectivity index (χ2n) is 5.16. The van der Waals surface area contributed by atoms with E-state index >= 15 is 0 Å². The Morgan fingerprint density at radius 1 is 0.952 bits per heavy atom. The largest absolute Gasteiger partial charge is 0.369 e. The molecule has 0 unspecified atom stereocenters. The number of para-hydroxylation sites is 1. The molecule has 1 aromatic heterocycles. The van der Waals surface area contributed by atoms with Crippen molar-refractivity contribution in [3.63, 3.8) is 0 Å². The van der Waals surface area contributed by atoms with Gasteiger partial charge in [0.25, 0.3) is 0 Å². The third kappa shape index (κ3) is 2.72. The number of nitrogens with zero attached hydrogens (tertiary/aromatic N) is 2. The molecular weight excluding hydrogens is 258 g/mol. The molecule has 0 atom stereocenters. The molecule has 2 aromatic carbocycles. The van der Waals surface area contributed by atoms with E-state index < -0.39 is 0 Å². The molecule has 106 valence electrons. The maximum Gasteiger partial charge on any atom is 0.162 e. The van der Waals surface area contributed by atoms with E-state index in [0.717, 1.165) is 41.1 Å². The molecule has 0 fully saturated rings. The van der Waals surface area contributed by atoms with E-state index in [2.05, 4.69) is 37.4 Å². The van der Waals surface area contributed by atoms with Crippen LogP contribution >= 0.6 is 0 Å². The summed E-state index contributed by atoms with van der Waals surface area (Å²) in [5.41, 5.74) is 3.23. The Balaban J connectivity index is 2.20. The summed E-state index contributed by atoms with van der Waals surface area (Å²) in [6.07, 6.45) is 1.07. The fourth-order valence-corrected chi connectivity index (χ4v) is 2.39. The van der Waals surface area contributed by atoms with Gasteiger partial charge in [0.1, 0.15) is 5.82 Å². The fourth-order valence-electron chi connectivity index (χ4n) is 2.39. The van der Waals surface area contributed by atoms with E-state index in [0.29, 0.717) is 0 Å². The third-order valence-corrected chi connectivity index (χ3v) is 3.50. The van der Waals surface area contributed by atoms with Gasteiger partial charge in [-0.05, 0) is 25.0 Å². The van der Waals surface area contributed by atoms with Crippen LogP contribution in [0.5, 0.6) is 0 Å². The summed E-state index contributed by atoms with van der Waals surface area (Å²) in [6, 6.07) is 16.3. The van der Waals surface area contributed by atoms with Gasteiger partial charge >= 0.3 is 0 Å². The predicted octanol–water partition coefficient (Wildman–Crippen LogP) is 4.43. The second-order valence-corrected chi connectivity index (χ2v) is 5.16. The first-order valence-corrected chi connectivity index (χ1v) is 7.36. The van der Waals surface area contributed by atoms with Crippen LogP contribution in [0.1, 0.15) is 18.9 Å². The highest BCUT2D eigenvalue weighted by Gasteiger charge is 2.10. The molecule has 1 N–H and O–H groups in total. The lowest BCUT2D eigenvalue weighted by Gasteiger charge is -2.11. The van der Waals surface area contributed by atoms with Crippen LogP contribution in [-0.4, -0.2) is 16.5 Å². The first-order valence-electron chi connectivity index (χ1n) is 7.36. The van der Waals surface area contributed by atoms with E-state index in [1.807, 2.05) is 30.3 Å². The third-order valence-electron chi connectivity index (χ3n) is 3.50. The summed E-state index contributed by atoms with van der Waals surface area (Å²) in [5, 5.41) is 4.51. The minimum absolute atomic E-state index is 0.774. The van der Waals surface area contributed by atoms with Crippen LogP contribution in [0.3, 0.4) is 0 Å². The topological polar surface area (TPSA) is 37.8 Å². The van der Waals surface area contributed by atoms with E-state index in [4.69, 9.17) is 9.97 Å². The summed E-state index contributed by atoms with van der Waals surface area (Å²) >= 11 is 0. The smallest absolute Gasteiger partial charge is 0.162 e. The maximum atomic E-state index is 4.76. The quantitative estimate of drug-likeness (QED) is 0.766. The van der Waals surface area contributed by atoms with Crippen LogP contribution in [0.4, 0.5) is 5.82 Å². The van der Waals surface area contributed by atoms with Crippen molar-refractivity contribution >= 4 is 16.7 Å². The number of aromatic nitrogens is 2. The first kappa shape index (κ1) is 13.6. The van der Waals surface area contributed by atoms with Crippen LogP contribution in [0.2, 0.25) is 0 Å². The summed E-state index contributed by atoms with van der Waals surface area (Å²) in [6.45, 7) is 5.15. The summed E-state index contributed by atoms with van der Waals surface area (Å²) in [5.74, 6) is 1.69. The summed E-state index contributed by atoms with van der Waals surface area (Å²) in [7, 11) is 0. The Morgan fingerprint density at radius 2 is 1.76 bits per heavy atom. The molecule has 3 nitrogen and oxygen atoms in total. The minimum Gasteiger partial charge on any atom is -0.369 e. The maximum absolute atomic E-state index is 4.76. The number of aryl methyl sites for hydroxylation is 1. The van der Waals surface area contributed by atoms with Crippen LogP contribution in [0, 0.1) is 6.92 Å². The molecule has 1 heterocycles. The van der Waals surface area contributed by atoms with Gasteiger partial charge in [-0.15, -0.1) is 0 Å². The van der Waals surface area contributed by atoms with Crippen molar-refractivity contribution in [3.8, 4) is 11.4 Å². The Morgan fingerprint density at radius 3 is 2.52 bits per heavy atom. The Labute approximate surface area is 125 Å². The average molecular weight is 277 g/mol. The van der Waals surface area contributed by atoms with Gasteiger partial charge in [-0.1, -0.05) is 49.4 Å². The highest BCUT2D eigenvalue weighted by atomic mass is 15.0. The van der Waals surface area contributed by atoms with Crippen molar-refractivity contribution in [3.05, 3.63) is 54.1 Å². The normalized spacial score (nSPS) is 10.8. The van der Waals surface area contributed by atoms with Gasteiger partial charge in [-0.25, -0.2) is 9.97 Å². The summed E-state index contributed by atoms with van der Waals surface area (Å²) < 4.78 is 0. The Bertz CT molecular complexity index is 751. The Kier molecular flexibility index (Phi) is 3.82. The van der Waals surface area contributed by atoms with Gasteiger partial charge in [0.15, 0.2) is 5.82 Å². The van der Waals surface area contributed by atoms with Gasteiger partial charge in [0, 0.05) is 17.5 Å². The molecule has 3 rings (SSSR count). The average Bonchev–Trinajstić information content (AvgIpc) is 2.54. The molecule has 3 aromatic rings. The zero-order valence-corrected chi connectivity index (χ0v) is 12.4. The molecule has 0 amide bonds. The number of rotatable bonds is 4. The second kappa shape index (κ2) is 5.92. The van der Waals surface area contributed by atoms with Gasteiger partial charge < -0.3 is 5.32 Å². The molecule has 0 saturated carbocycles. The van der Waals surface area contributed by atoms with Crippen molar-refractivity contribution in [2.45, 2.75) is 20.3 Å². The molecule has 0 spiro atoms. The number of nitrogens with one attached hydrogen (secondary N) is 1. The van der Waals surface area contributed by atoms with Crippen molar-refractivity contribution in [2.24, 2.45) is 0 Å². The van der Waals surface area contributed by atoms with Crippen molar-refractivity contribution in [1.29, 1.82) is 0 Å². The van der Waals surface area contributed by atoms with Crippen LogP contribution in [-0.2, 0) is 0 Å². The van der Waals surface area contributed by atoms with Crippen LogP contribution < -0.4 is 5.32 Å². The van der Waals surface area contributed by atoms with E-state index in [-0.39, 0.29) is 0 Å². The molecular formula is C18H19N3. The zero-order chi connectivity index (χ0) is 14.7. The monoisotopic (exact) mass is 277 g/mol. The lowest BCUT2D eigenvalue weighted by atomic mass is 10.1. The molecule has 0 saturated heterocycles. The van der Waals surface area contributed by atoms with Gasteiger partial charge in [0.05, 0.1) is 5.52 Å². The minimum atomic E-state index is 0.774. The van der Waals surface area contributed by atoms with Gasteiger partial charge in [-0.2, -0.15) is 0 Å². The van der Waals surface area contributed by atoms with Gasteiger partial charge in [0.2, 0.25) is 0 Å². The Hall–Kier alpha value is -2.42. The molecule has 3 heteroatoms. The SMILES string of the molecule is CCCNc1nc(-c2ccccc2)nc2c(C)cccc12. The van der Waals surface area contributed by atoms with Crippen LogP contribution in [0.25, 0.3) is 22.3 Å². The standard InChI is InChI=1S/C18H19N3/c1-3-12-19-18-15-11-7-8-13(2)16(15)20-17(21-18)14-9-5-4-6-10-14/h4-11H,3,12H2,1-2H3,(H,19,20,21). The van der Waals surface area contributed by atoms with Crippen molar-refractivity contribution in [1.82, 2.24) is 9.97 Å². The lowest BCUT2D eigenvalue weighted by molar-refractivity contribution is 0.970. The predicted molar refractivity (Wildman–Crippen MR) is 88.5 cm³/mol. The number of hydrogen-bond donors (Lipinski definition) is 1. The van der Waals surface area contributed by atoms with E-state index in [1.165, 1.54) is 5.56 Å². The van der Waals surface area contributed by atoms with E-state index in [1.54, 1.807) is 0 Å². The molecule has 0 aliphatic rings. The molecule has 21 heavy (non-hydrogen) atoms. The summed E-state index contributed by atoms with van der Waals surface area (Å²) in [4.78, 5) is 9.49.